The maximum Gasteiger partial charge on any atom is 0.390 e. The molecule has 4 nitrogen and oxygen atoms in total. The number of rotatable bonds is 5. The summed E-state index contributed by atoms with van der Waals surface area (Å²) in [5, 5.41) is 9.97. The number of benzene rings is 2. The fourth-order valence-corrected chi connectivity index (χ4v) is 2.33. The molecule has 0 radical (unpaired) electrons. The Kier molecular flexibility index (Phi) is 5.36. The minimum Gasteiger partial charge on any atom is -0.475 e. The van der Waals surface area contributed by atoms with Gasteiger partial charge in [0.2, 0.25) is 0 Å². The second-order valence-electron chi connectivity index (χ2n) is 4.48. The van der Waals surface area contributed by atoms with Crippen molar-refractivity contribution in [3.05, 3.63) is 56.4 Å². The van der Waals surface area contributed by atoms with Crippen molar-refractivity contribution in [2.45, 2.75) is 12.7 Å². The van der Waals surface area contributed by atoms with Crippen LogP contribution in [0.1, 0.15) is 6.92 Å². The van der Waals surface area contributed by atoms with Crippen molar-refractivity contribution >= 4 is 49.4 Å². The molecule has 0 saturated heterocycles. The fraction of sp³-hybridized carbons (Fsp3) is 0.133. The minimum absolute atomic E-state index is 0.338. The molecule has 1 unspecified atom stereocenters. The molecular weight excluding hydrogens is 439 g/mol. The Morgan fingerprint density at radius 1 is 1.05 bits per heavy atom. The molecule has 0 fully saturated rings. The quantitative estimate of drug-likeness (QED) is 0.642. The number of carboxylic acid groups (broad SMARTS) is 1. The van der Waals surface area contributed by atoms with E-state index in [4.69, 9.17) is 21.1 Å². The van der Waals surface area contributed by atoms with Gasteiger partial charge in [-0.05, 0) is 74.3 Å². The first-order valence-corrected chi connectivity index (χ1v) is 8.08. The van der Waals surface area contributed by atoms with Gasteiger partial charge in [-0.3, -0.25) is 0 Å². The topological polar surface area (TPSA) is 55.8 Å². The van der Waals surface area contributed by atoms with Gasteiger partial charge >= 0.3 is 11.8 Å². The Hall–Kier alpha value is -1.24. The molecule has 0 spiro atoms. The van der Waals surface area contributed by atoms with Crippen molar-refractivity contribution in [1.82, 2.24) is 0 Å². The largest absolute Gasteiger partial charge is 0.475 e. The van der Waals surface area contributed by atoms with Gasteiger partial charge in [0.25, 0.3) is 0 Å². The molecule has 0 aliphatic rings. The Morgan fingerprint density at radius 2 is 1.59 bits per heavy atom. The highest BCUT2D eigenvalue weighted by Crippen LogP contribution is 2.30. The molecule has 0 bridgehead atoms. The molecule has 0 amide bonds. The smallest absolute Gasteiger partial charge is 0.390 e. The lowest BCUT2D eigenvalue weighted by molar-refractivity contribution is -0.181. The normalized spacial score (nSPS) is 13.3. The second kappa shape index (κ2) is 6.89. The summed E-state index contributed by atoms with van der Waals surface area (Å²) >= 11 is 12.5. The van der Waals surface area contributed by atoms with Crippen molar-refractivity contribution in [2.75, 3.05) is 0 Å². The lowest BCUT2D eigenvalue weighted by Crippen LogP contribution is -2.47. The summed E-state index contributed by atoms with van der Waals surface area (Å²) in [4.78, 5) is 11.6. The van der Waals surface area contributed by atoms with Gasteiger partial charge < -0.3 is 14.6 Å². The van der Waals surface area contributed by atoms with Crippen LogP contribution in [0.15, 0.2) is 51.4 Å². The van der Waals surface area contributed by atoms with Gasteiger partial charge in [0.1, 0.15) is 11.5 Å². The van der Waals surface area contributed by atoms with Gasteiger partial charge in [0.15, 0.2) is 0 Å². The van der Waals surface area contributed by atoms with Crippen molar-refractivity contribution in [1.29, 1.82) is 0 Å². The number of halogens is 3. The number of carboxylic acids is 1. The molecule has 22 heavy (non-hydrogen) atoms. The number of hydrogen-bond acceptors (Lipinski definition) is 3. The Labute approximate surface area is 149 Å². The Balaban J connectivity index is 2.25. The van der Waals surface area contributed by atoms with E-state index in [1.54, 1.807) is 42.5 Å². The SMILES string of the molecule is CC(Oc1ccc(Cl)cc1)(Oc1ccc(Br)c(Br)c1)C(=O)O. The van der Waals surface area contributed by atoms with Gasteiger partial charge in [-0.1, -0.05) is 11.6 Å². The third kappa shape index (κ3) is 4.15. The first kappa shape index (κ1) is 17.1. The first-order chi connectivity index (χ1) is 10.3. The highest BCUT2D eigenvalue weighted by Gasteiger charge is 2.39. The van der Waals surface area contributed by atoms with E-state index in [0.717, 1.165) is 8.95 Å². The van der Waals surface area contributed by atoms with Crippen LogP contribution in [0.3, 0.4) is 0 Å². The van der Waals surface area contributed by atoms with E-state index in [0.29, 0.717) is 16.5 Å². The number of ether oxygens (including phenoxy) is 2. The van der Waals surface area contributed by atoms with E-state index in [2.05, 4.69) is 31.9 Å². The Bertz CT molecular complexity index is 690. The third-order valence-corrected chi connectivity index (χ3v) is 4.85. The lowest BCUT2D eigenvalue weighted by atomic mass is 10.3. The molecule has 0 heterocycles. The standard InChI is InChI=1S/C15H11Br2ClO4/c1-15(14(19)20,21-10-4-2-9(18)3-5-10)22-11-6-7-12(16)13(17)8-11/h2-8H,1H3,(H,19,20). The molecule has 1 N–H and O–H groups in total. The summed E-state index contributed by atoms with van der Waals surface area (Å²) < 4.78 is 12.6. The monoisotopic (exact) mass is 448 g/mol. The van der Waals surface area contributed by atoms with E-state index in [1.165, 1.54) is 6.92 Å². The van der Waals surface area contributed by atoms with E-state index in [1.807, 2.05) is 0 Å². The molecule has 0 aromatic heterocycles. The predicted octanol–water partition coefficient (Wildman–Crippen LogP) is 5.12. The first-order valence-electron chi connectivity index (χ1n) is 6.12. The molecule has 0 saturated carbocycles. The Morgan fingerprint density at radius 3 is 2.14 bits per heavy atom. The fourth-order valence-electron chi connectivity index (χ4n) is 1.60. The van der Waals surface area contributed by atoms with Gasteiger partial charge in [-0.15, -0.1) is 0 Å². The third-order valence-electron chi connectivity index (χ3n) is 2.72. The molecular formula is C15H11Br2ClO4. The van der Waals surface area contributed by atoms with Crippen LogP contribution in [-0.4, -0.2) is 16.9 Å². The van der Waals surface area contributed by atoms with E-state index in [9.17, 15) is 9.90 Å². The van der Waals surface area contributed by atoms with Gasteiger partial charge in [-0.25, -0.2) is 4.79 Å². The molecule has 2 aromatic carbocycles. The number of aliphatic carboxylic acids is 1. The zero-order valence-corrected chi connectivity index (χ0v) is 15.3. The highest BCUT2D eigenvalue weighted by atomic mass is 79.9. The second-order valence-corrected chi connectivity index (χ2v) is 6.63. The van der Waals surface area contributed by atoms with E-state index in [-0.39, 0.29) is 0 Å². The highest BCUT2D eigenvalue weighted by molar-refractivity contribution is 9.13. The van der Waals surface area contributed by atoms with Gasteiger partial charge in [0, 0.05) is 20.9 Å². The molecule has 0 aliphatic carbocycles. The summed E-state index contributed by atoms with van der Waals surface area (Å²) in [5.41, 5.74) is 0. The van der Waals surface area contributed by atoms with E-state index < -0.39 is 11.8 Å². The molecule has 1 atom stereocenters. The van der Waals surface area contributed by atoms with Gasteiger partial charge in [0.05, 0.1) is 0 Å². The summed E-state index contributed by atoms with van der Waals surface area (Å²) in [6.07, 6.45) is 0. The van der Waals surface area contributed by atoms with Crippen LogP contribution < -0.4 is 9.47 Å². The molecule has 2 aromatic rings. The van der Waals surface area contributed by atoms with Crippen LogP contribution in [0.2, 0.25) is 5.02 Å². The van der Waals surface area contributed by atoms with Crippen molar-refractivity contribution in [2.24, 2.45) is 0 Å². The van der Waals surface area contributed by atoms with Crippen LogP contribution in [-0.2, 0) is 4.79 Å². The van der Waals surface area contributed by atoms with Crippen molar-refractivity contribution in [3.63, 3.8) is 0 Å². The van der Waals surface area contributed by atoms with Crippen LogP contribution in [0.4, 0.5) is 0 Å². The summed E-state index contributed by atoms with van der Waals surface area (Å²) in [7, 11) is 0. The summed E-state index contributed by atoms with van der Waals surface area (Å²) in [5.74, 6) is -2.43. The average Bonchev–Trinajstić information content (AvgIpc) is 2.45. The maximum absolute atomic E-state index is 11.6. The van der Waals surface area contributed by atoms with Crippen molar-refractivity contribution < 1.29 is 19.4 Å². The summed E-state index contributed by atoms with van der Waals surface area (Å²) in [6.45, 7) is 1.33. The number of carbonyl (C=O) groups is 1. The lowest BCUT2D eigenvalue weighted by Gasteiger charge is -2.27. The van der Waals surface area contributed by atoms with Crippen LogP contribution >= 0.6 is 43.5 Å². The molecule has 116 valence electrons. The van der Waals surface area contributed by atoms with Crippen LogP contribution in [0.25, 0.3) is 0 Å². The molecule has 7 heteroatoms. The zero-order valence-electron chi connectivity index (χ0n) is 11.3. The van der Waals surface area contributed by atoms with Crippen molar-refractivity contribution in [3.8, 4) is 11.5 Å². The van der Waals surface area contributed by atoms with Gasteiger partial charge in [-0.2, -0.15) is 0 Å². The average molecular weight is 451 g/mol. The zero-order chi connectivity index (χ0) is 16.3. The maximum atomic E-state index is 11.6. The minimum atomic E-state index is -1.87. The summed E-state index contributed by atoms with van der Waals surface area (Å²) in [6, 6.07) is 11.4. The van der Waals surface area contributed by atoms with E-state index >= 15 is 0 Å². The number of hydrogen-bond donors (Lipinski definition) is 1. The molecule has 2 rings (SSSR count). The van der Waals surface area contributed by atoms with Crippen LogP contribution in [0, 0.1) is 0 Å². The predicted molar refractivity (Wildman–Crippen MR) is 90.6 cm³/mol. The van der Waals surface area contributed by atoms with Crippen LogP contribution in [0.5, 0.6) is 11.5 Å². The molecule has 0 aliphatic heterocycles.